The summed E-state index contributed by atoms with van der Waals surface area (Å²) in [5, 5.41) is 3.23. The average molecular weight is 111 g/mol. The molecule has 2 rings (SSSR count). The molecule has 2 heteroatoms. The van der Waals surface area contributed by atoms with Crippen molar-refractivity contribution in [3.8, 4) is 0 Å². The van der Waals surface area contributed by atoms with Gasteiger partial charge >= 0.3 is 0 Å². The third kappa shape index (κ3) is 0.388. The number of nitrogens with one attached hydrogen (secondary N) is 1. The lowest BCUT2D eigenvalue weighted by Crippen LogP contribution is -2.14. The molecule has 1 aliphatic heterocycles. The number of hydrogen-bond donors (Lipinski definition) is 1. The van der Waals surface area contributed by atoms with Crippen molar-refractivity contribution in [1.29, 1.82) is 0 Å². The second kappa shape index (κ2) is 1.32. The third-order valence-corrected chi connectivity index (χ3v) is 2.32. The Labute approximate surface area is 48.3 Å². The van der Waals surface area contributed by atoms with Gasteiger partial charge in [-0.1, -0.05) is 0 Å². The van der Waals surface area contributed by atoms with Crippen LogP contribution in [0.1, 0.15) is 0 Å². The number of carbonyl (C=O) groups is 1. The van der Waals surface area contributed by atoms with E-state index in [-0.39, 0.29) is 0 Å². The minimum atomic E-state index is 0.427. The molecule has 0 radical (unpaired) electrons. The van der Waals surface area contributed by atoms with Crippen molar-refractivity contribution in [1.82, 2.24) is 5.32 Å². The molecule has 0 aromatic rings. The van der Waals surface area contributed by atoms with E-state index in [0.717, 1.165) is 19.4 Å². The summed E-state index contributed by atoms with van der Waals surface area (Å²) in [4.78, 5) is 10.2. The second-order valence-electron chi connectivity index (χ2n) is 2.70. The first kappa shape index (κ1) is 4.50. The topological polar surface area (TPSA) is 29.1 Å². The van der Waals surface area contributed by atoms with Crippen molar-refractivity contribution >= 4 is 6.29 Å². The van der Waals surface area contributed by atoms with Crippen LogP contribution < -0.4 is 5.32 Å². The van der Waals surface area contributed by atoms with E-state index in [1.54, 1.807) is 0 Å². The summed E-state index contributed by atoms with van der Waals surface area (Å²) in [5.74, 6) is 1.86. The molecule has 3 atom stereocenters. The van der Waals surface area contributed by atoms with Crippen LogP contribution in [-0.2, 0) is 4.79 Å². The minimum absolute atomic E-state index is 0.427. The van der Waals surface area contributed by atoms with E-state index in [0.29, 0.717) is 17.8 Å². The lowest BCUT2D eigenvalue weighted by molar-refractivity contribution is -0.109. The predicted octanol–water partition coefficient (Wildman–Crippen LogP) is -0.349. The molecule has 0 aromatic heterocycles. The van der Waals surface area contributed by atoms with Gasteiger partial charge in [-0.25, -0.2) is 0 Å². The standard InChI is InChI=1S/C6H9NO/c8-3-6-4-1-7-2-5(4)6/h3-7H,1-2H2/t4-,5?,6?/m1/s1. The Kier molecular flexibility index (Phi) is 0.742. The summed E-state index contributed by atoms with van der Waals surface area (Å²) >= 11 is 0. The highest BCUT2D eigenvalue weighted by molar-refractivity contribution is 5.60. The molecule has 8 heavy (non-hydrogen) atoms. The molecule has 2 aliphatic rings. The molecular weight excluding hydrogens is 102 g/mol. The van der Waals surface area contributed by atoms with Crippen LogP contribution in [0, 0.1) is 17.8 Å². The van der Waals surface area contributed by atoms with Gasteiger partial charge in [-0.05, 0) is 24.9 Å². The fourth-order valence-electron chi connectivity index (χ4n) is 1.67. The zero-order valence-electron chi connectivity index (χ0n) is 4.63. The molecular formula is C6H9NO. The summed E-state index contributed by atoms with van der Waals surface area (Å²) in [7, 11) is 0. The maximum atomic E-state index is 10.2. The molecule has 2 fully saturated rings. The highest BCUT2D eigenvalue weighted by Crippen LogP contribution is 2.46. The molecule has 0 spiro atoms. The van der Waals surface area contributed by atoms with Gasteiger partial charge in [0.1, 0.15) is 6.29 Å². The van der Waals surface area contributed by atoms with Crippen molar-refractivity contribution in [2.45, 2.75) is 0 Å². The van der Waals surface area contributed by atoms with Crippen molar-refractivity contribution in [3.63, 3.8) is 0 Å². The molecule has 2 unspecified atom stereocenters. The fraction of sp³-hybridized carbons (Fsp3) is 0.833. The van der Waals surface area contributed by atoms with Gasteiger partial charge in [-0.15, -0.1) is 0 Å². The Morgan fingerprint density at radius 1 is 1.38 bits per heavy atom. The average Bonchev–Trinajstić information content (AvgIpc) is 2.22. The zero-order valence-corrected chi connectivity index (χ0v) is 4.63. The van der Waals surface area contributed by atoms with E-state index < -0.39 is 0 Å². The van der Waals surface area contributed by atoms with Crippen LogP contribution in [0.25, 0.3) is 0 Å². The van der Waals surface area contributed by atoms with Gasteiger partial charge in [-0.2, -0.15) is 0 Å². The van der Waals surface area contributed by atoms with E-state index in [9.17, 15) is 4.79 Å². The number of hydrogen-bond acceptors (Lipinski definition) is 2. The van der Waals surface area contributed by atoms with Crippen LogP contribution in [0.2, 0.25) is 0 Å². The van der Waals surface area contributed by atoms with Gasteiger partial charge in [-0.3, -0.25) is 0 Å². The van der Waals surface area contributed by atoms with Crippen LogP contribution in [0.4, 0.5) is 0 Å². The number of carbonyl (C=O) groups excluding carboxylic acids is 1. The first-order valence-corrected chi connectivity index (χ1v) is 3.09. The third-order valence-electron chi connectivity index (χ3n) is 2.32. The predicted molar refractivity (Wildman–Crippen MR) is 29.4 cm³/mol. The van der Waals surface area contributed by atoms with Gasteiger partial charge < -0.3 is 10.1 Å². The molecule has 0 bridgehead atoms. The Morgan fingerprint density at radius 2 is 2.00 bits per heavy atom. The van der Waals surface area contributed by atoms with E-state index in [4.69, 9.17) is 0 Å². The minimum Gasteiger partial charge on any atom is -0.316 e. The summed E-state index contributed by atoms with van der Waals surface area (Å²) in [6.07, 6.45) is 1.11. The van der Waals surface area contributed by atoms with Crippen LogP contribution >= 0.6 is 0 Å². The van der Waals surface area contributed by atoms with Crippen molar-refractivity contribution in [3.05, 3.63) is 0 Å². The number of rotatable bonds is 1. The molecule has 2 nitrogen and oxygen atoms in total. The molecule has 1 aliphatic carbocycles. The van der Waals surface area contributed by atoms with E-state index >= 15 is 0 Å². The number of aldehydes is 1. The maximum Gasteiger partial charge on any atom is 0.123 e. The highest BCUT2D eigenvalue weighted by atomic mass is 16.1. The van der Waals surface area contributed by atoms with Crippen molar-refractivity contribution in [2.75, 3.05) is 13.1 Å². The van der Waals surface area contributed by atoms with Crippen LogP contribution in [0.5, 0.6) is 0 Å². The lowest BCUT2D eigenvalue weighted by atomic mass is 10.3. The normalized spacial score (nSPS) is 50.8. The van der Waals surface area contributed by atoms with Crippen LogP contribution in [-0.4, -0.2) is 19.4 Å². The molecule has 0 amide bonds. The highest BCUT2D eigenvalue weighted by Gasteiger charge is 2.52. The fourth-order valence-corrected chi connectivity index (χ4v) is 1.67. The molecule has 1 saturated heterocycles. The summed E-state index contributed by atoms with van der Waals surface area (Å²) in [5.41, 5.74) is 0. The Balaban J connectivity index is 2.03. The molecule has 44 valence electrons. The van der Waals surface area contributed by atoms with Crippen LogP contribution in [0.15, 0.2) is 0 Å². The van der Waals surface area contributed by atoms with Gasteiger partial charge in [0.05, 0.1) is 0 Å². The van der Waals surface area contributed by atoms with Gasteiger partial charge in [0.25, 0.3) is 0 Å². The zero-order chi connectivity index (χ0) is 5.56. The second-order valence-corrected chi connectivity index (χ2v) is 2.70. The van der Waals surface area contributed by atoms with Crippen molar-refractivity contribution in [2.24, 2.45) is 17.8 Å². The van der Waals surface area contributed by atoms with Gasteiger partial charge in [0, 0.05) is 5.92 Å². The first-order valence-electron chi connectivity index (χ1n) is 3.09. The number of fused-ring (bicyclic) bond motifs is 1. The quantitative estimate of drug-likeness (QED) is 0.469. The van der Waals surface area contributed by atoms with Crippen molar-refractivity contribution < 1.29 is 4.79 Å². The largest absolute Gasteiger partial charge is 0.316 e. The monoisotopic (exact) mass is 111 g/mol. The molecule has 1 saturated carbocycles. The summed E-state index contributed by atoms with van der Waals surface area (Å²) in [6, 6.07) is 0. The Morgan fingerprint density at radius 3 is 2.38 bits per heavy atom. The SMILES string of the molecule is O=CC1C2CNC[C@@H]12. The molecule has 0 aromatic carbocycles. The summed E-state index contributed by atoms with van der Waals surface area (Å²) < 4.78 is 0. The van der Waals surface area contributed by atoms with Crippen LogP contribution in [0.3, 0.4) is 0 Å². The Bertz CT molecular complexity index is 114. The molecule has 1 N–H and O–H groups in total. The first-order chi connectivity index (χ1) is 3.93. The molecule has 1 heterocycles. The van der Waals surface area contributed by atoms with Gasteiger partial charge in [0.15, 0.2) is 0 Å². The summed E-state index contributed by atoms with van der Waals surface area (Å²) in [6.45, 7) is 2.15. The van der Waals surface area contributed by atoms with E-state index in [1.807, 2.05) is 0 Å². The Hall–Kier alpha value is -0.370. The van der Waals surface area contributed by atoms with E-state index in [2.05, 4.69) is 5.32 Å². The maximum absolute atomic E-state index is 10.2. The van der Waals surface area contributed by atoms with E-state index in [1.165, 1.54) is 0 Å². The number of piperidine rings is 1. The van der Waals surface area contributed by atoms with Gasteiger partial charge in [0.2, 0.25) is 0 Å². The smallest absolute Gasteiger partial charge is 0.123 e. The lowest BCUT2D eigenvalue weighted by Gasteiger charge is -1.93.